The van der Waals surface area contributed by atoms with E-state index in [1.54, 1.807) is 11.6 Å². The number of rotatable bonds is 4. The fourth-order valence-corrected chi connectivity index (χ4v) is 4.38. The molecular formula is C22H26N8O. The Balaban J connectivity index is 1.43. The van der Waals surface area contributed by atoms with Crippen molar-refractivity contribution in [1.82, 2.24) is 29.5 Å². The first-order valence-electron chi connectivity index (χ1n) is 10.4. The third kappa shape index (κ3) is 3.16. The van der Waals surface area contributed by atoms with E-state index < -0.39 is 5.54 Å². The zero-order valence-electron chi connectivity index (χ0n) is 18.1. The summed E-state index contributed by atoms with van der Waals surface area (Å²) in [5.74, 6) is 2.33. The van der Waals surface area contributed by atoms with E-state index in [1.165, 1.54) is 0 Å². The molecule has 4 aromatic rings. The summed E-state index contributed by atoms with van der Waals surface area (Å²) in [6.07, 6.45) is 3.70. The summed E-state index contributed by atoms with van der Waals surface area (Å²) in [7, 11) is 1.62. The zero-order chi connectivity index (χ0) is 21.9. The molecule has 1 aliphatic rings. The fraction of sp³-hybridized carbons (Fsp3) is 0.409. The van der Waals surface area contributed by atoms with Gasteiger partial charge in [-0.1, -0.05) is 6.07 Å². The quantitative estimate of drug-likeness (QED) is 0.517. The van der Waals surface area contributed by atoms with Crippen LogP contribution in [0.15, 0.2) is 24.4 Å². The Hall–Kier alpha value is -3.33. The van der Waals surface area contributed by atoms with Crippen LogP contribution in [0, 0.1) is 6.92 Å². The van der Waals surface area contributed by atoms with Crippen molar-refractivity contribution < 1.29 is 4.74 Å². The van der Waals surface area contributed by atoms with Gasteiger partial charge in [0.05, 0.1) is 29.7 Å². The van der Waals surface area contributed by atoms with E-state index in [0.29, 0.717) is 28.8 Å². The number of para-hydroxylation sites is 1. The molecule has 0 saturated heterocycles. The molecule has 31 heavy (non-hydrogen) atoms. The highest BCUT2D eigenvalue weighted by atomic mass is 16.5. The third-order valence-electron chi connectivity index (χ3n) is 6.02. The van der Waals surface area contributed by atoms with Crippen LogP contribution >= 0.6 is 0 Å². The first-order chi connectivity index (χ1) is 14.8. The molecule has 0 bridgehead atoms. The van der Waals surface area contributed by atoms with Gasteiger partial charge in [-0.3, -0.25) is 9.97 Å². The minimum Gasteiger partial charge on any atom is -0.494 e. The number of fused-ring (bicyclic) bond motifs is 3. The van der Waals surface area contributed by atoms with Crippen LogP contribution < -0.4 is 16.2 Å². The van der Waals surface area contributed by atoms with Crippen LogP contribution in [0.3, 0.4) is 0 Å². The Morgan fingerprint density at radius 3 is 2.58 bits per heavy atom. The highest BCUT2D eigenvalue weighted by molar-refractivity contribution is 5.95. The highest BCUT2D eigenvalue weighted by Gasteiger charge is 2.36. The van der Waals surface area contributed by atoms with Crippen LogP contribution in [-0.4, -0.2) is 36.7 Å². The molecule has 1 aromatic carbocycles. The van der Waals surface area contributed by atoms with E-state index in [2.05, 4.69) is 15.1 Å². The number of hydrogen-bond donors (Lipinski definition) is 2. The molecule has 5 rings (SSSR count). The fourth-order valence-electron chi connectivity index (χ4n) is 4.38. The molecule has 1 saturated carbocycles. The van der Waals surface area contributed by atoms with Crippen LogP contribution in [0.25, 0.3) is 16.6 Å². The van der Waals surface area contributed by atoms with Gasteiger partial charge < -0.3 is 16.2 Å². The number of aromatic nitrogens is 6. The van der Waals surface area contributed by atoms with Crippen molar-refractivity contribution in [2.45, 2.75) is 51.0 Å². The predicted molar refractivity (Wildman–Crippen MR) is 118 cm³/mol. The van der Waals surface area contributed by atoms with E-state index >= 15 is 0 Å². The molecule has 160 valence electrons. The lowest BCUT2D eigenvalue weighted by Gasteiger charge is -2.33. The van der Waals surface area contributed by atoms with Crippen molar-refractivity contribution in [3.05, 3.63) is 47.3 Å². The number of ether oxygens (including phenoxy) is 1. The number of nitrogens with two attached hydrogens (primary N) is 2. The number of hydrogen-bond acceptors (Lipinski definition) is 8. The number of benzene rings is 1. The Kier molecular flexibility index (Phi) is 4.33. The first-order valence-corrected chi connectivity index (χ1v) is 10.4. The van der Waals surface area contributed by atoms with Crippen molar-refractivity contribution >= 4 is 22.5 Å². The molecule has 1 aliphatic carbocycles. The molecule has 0 amide bonds. The number of aryl methyl sites for hydroxylation is 1. The smallest absolute Gasteiger partial charge is 0.223 e. The number of nitrogen functional groups attached to an aromatic ring is 1. The normalized spacial score (nSPS) is 19.0. The number of nitrogens with zero attached hydrogens (tertiary/aromatic N) is 6. The lowest BCUT2D eigenvalue weighted by atomic mass is 9.73. The standard InChI is InChI=1S/C22H26N8O/c1-11-18(22(2,3)24)25-10-15(26-11)12-8-13(9-12)19-28-20-14-6-5-7-16(31-4)17(14)27-21(23)30(20)29-19/h5-7,10,12-13H,8-9,24H2,1-4H3,(H2,23,27). The number of methoxy groups -OCH3 is 1. The van der Waals surface area contributed by atoms with Crippen molar-refractivity contribution in [2.24, 2.45) is 5.73 Å². The average Bonchev–Trinajstić information content (AvgIpc) is 3.11. The molecule has 0 unspecified atom stereocenters. The molecule has 3 aromatic heterocycles. The molecule has 0 spiro atoms. The van der Waals surface area contributed by atoms with E-state index in [-0.39, 0.29) is 5.92 Å². The van der Waals surface area contributed by atoms with Gasteiger partial charge in [-0.2, -0.15) is 4.52 Å². The van der Waals surface area contributed by atoms with Gasteiger partial charge in [0.1, 0.15) is 11.3 Å². The van der Waals surface area contributed by atoms with Crippen LogP contribution in [0.1, 0.15) is 61.4 Å². The van der Waals surface area contributed by atoms with Crippen LogP contribution in [0.5, 0.6) is 5.75 Å². The summed E-state index contributed by atoms with van der Waals surface area (Å²) in [4.78, 5) is 18.7. The van der Waals surface area contributed by atoms with E-state index in [0.717, 1.165) is 41.1 Å². The van der Waals surface area contributed by atoms with Crippen LogP contribution in [0.4, 0.5) is 5.95 Å². The zero-order valence-corrected chi connectivity index (χ0v) is 18.1. The van der Waals surface area contributed by atoms with Crippen molar-refractivity contribution in [3.63, 3.8) is 0 Å². The van der Waals surface area contributed by atoms with Crippen LogP contribution in [-0.2, 0) is 5.54 Å². The van der Waals surface area contributed by atoms with Gasteiger partial charge in [-0.25, -0.2) is 9.97 Å². The summed E-state index contributed by atoms with van der Waals surface area (Å²) in [5.41, 5.74) is 16.0. The van der Waals surface area contributed by atoms with Crippen molar-refractivity contribution in [1.29, 1.82) is 0 Å². The summed E-state index contributed by atoms with van der Waals surface area (Å²) in [6, 6.07) is 5.74. The Bertz CT molecular complexity index is 1300. The van der Waals surface area contributed by atoms with E-state index in [4.69, 9.17) is 26.2 Å². The second-order valence-corrected chi connectivity index (χ2v) is 8.85. The largest absolute Gasteiger partial charge is 0.494 e. The maximum Gasteiger partial charge on any atom is 0.223 e. The first kappa shape index (κ1) is 19.6. The molecule has 3 heterocycles. The maximum absolute atomic E-state index is 6.19. The lowest BCUT2D eigenvalue weighted by Crippen LogP contribution is -2.32. The Labute approximate surface area is 179 Å². The lowest BCUT2D eigenvalue weighted by molar-refractivity contribution is 0.330. The van der Waals surface area contributed by atoms with Gasteiger partial charge in [0, 0.05) is 23.4 Å². The van der Waals surface area contributed by atoms with Gasteiger partial charge in [-0.15, -0.1) is 5.10 Å². The second kappa shape index (κ2) is 6.84. The molecule has 9 nitrogen and oxygen atoms in total. The van der Waals surface area contributed by atoms with Gasteiger partial charge in [0.15, 0.2) is 11.5 Å². The molecule has 4 N–H and O–H groups in total. The summed E-state index contributed by atoms with van der Waals surface area (Å²) < 4.78 is 7.04. The monoisotopic (exact) mass is 418 g/mol. The molecule has 0 aliphatic heterocycles. The van der Waals surface area contributed by atoms with Crippen molar-refractivity contribution in [3.8, 4) is 5.75 Å². The third-order valence-corrected chi connectivity index (χ3v) is 6.02. The summed E-state index contributed by atoms with van der Waals surface area (Å²) in [5, 5.41) is 5.52. The van der Waals surface area contributed by atoms with E-state index in [1.807, 2.05) is 45.2 Å². The molecule has 0 atom stereocenters. The SMILES string of the molecule is COc1cccc2c1nc(N)n1nc(C3CC(c4cnc(C(C)(C)N)c(C)n4)C3)nc21. The minimum atomic E-state index is -0.502. The van der Waals surface area contributed by atoms with Gasteiger partial charge in [0.25, 0.3) is 0 Å². The summed E-state index contributed by atoms with van der Waals surface area (Å²) >= 11 is 0. The topological polar surface area (TPSA) is 130 Å². The minimum absolute atomic E-state index is 0.248. The van der Waals surface area contributed by atoms with E-state index in [9.17, 15) is 0 Å². The van der Waals surface area contributed by atoms with Gasteiger partial charge >= 0.3 is 0 Å². The van der Waals surface area contributed by atoms with Crippen LogP contribution in [0.2, 0.25) is 0 Å². The van der Waals surface area contributed by atoms with Crippen molar-refractivity contribution in [2.75, 3.05) is 12.8 Å². The molecule has 0 radical (unpaired) electrons. The Morgan fingerprint density at radius 2 is 1.90 bits per heavy atom. The molecule has 9 heteroatoms. The second-order valence-electron chi connectivity index (χ2n) is 8.85. The number of anilines is 1. The average molecular weight is 419 g/mol. The Morgan fingerprint density at radius 1 is 1.13 bits per heavy atom. The van der Waals surface area contributed by atoms with Gasteiger partial charge in [0.2, 0.25) is 5.95 Å². The molecular weight excluding hydrogens is 392 g/mol. The highest BCUT2D eigenvalue weighted by Crippen LogP contribution is 2.46. The van der Waals surface area contributed by atoms with Gasteiger partial charge in [-0.05, 0) is 45.7 Å². The molecule has 1 fully saturated rings. The maximum atomic E-state index is 6.19. The predicted octanol–water partition coefficient (Wildman–Crippen LogP) is 2.82. The summed E-state index contributed by atoms with van der Waals surface area (Å²) in [6.45, 7) is 5.85.